The molecule has 0 radical (unpaired) electrons. The lowest BCUT2D eigenvalue weighted by molar-refractivity contribution is -0.141. The molecule has 0 amide bonds. The molecular weight excluding hydrogens is 116 g/mol. The monoisotopic (exact) mass is 124 g/mol. The lowest BCUT2D eigenvalue weighted by Crippen LogP contribution is -2.03. The van der Waals surface area contributed by atoms with Crippen LogP contribution in [0.3, 0.4) is 0 Å². The summed E-state index contributed by atoms with van der Waals surface area (Å²) in [5.41, 5.74) is 1.21. The van der Waals surface area contributed by atoms with Crippen LogP contribution in [0.4, 0.5) is 0 Å². The van der Waals surface area contributed by atoms with Crippen LogP contribution in [0.1, 0.15) is 19.3 Å². The van der Waals surface area contributed by atoms with E-state index in [1.807, 2.05) is 0 Å². The Morgan fingerprint density at radius 3 is 3.33 bits per heavy atom. The minimum atomic E-state index is -0.0500. The number of ether oxygens (including phenoxy) is 1. The van der Waals surface area contributed by atoms with E-state index in [1.165, 1.54) is 5.57 Å². The van der Waals surface area contributed by atoms with E-state index in [2.05, 4.69) is 6.08 Å². The lowest BCUT2D eigenvalue weighted by atomic mass is 10.2. The number of fused-ring (bicyclic) bond motifs is 1. The molecule has 9 heavy (non-hydrogen) atoms. The first-order chi connectivity index (χ1) is 4.36. The summed E-state index contributed by atoms with van der Waals surface area (Å²) in [5.74, 6) is -0.0500. The van der Waals surface area contributed by atoms with E-state index >= 15 is 0 Å². The molecule has 48 valence electrons. The zero-order chi connectivity index (χ0) is 6.27. The number of rotatable bonds is 0. The molecule has 0 aromatic rings. The van der Waals surface area contributed by atoms with Crippen molar-refractivity contribution >= 4 is 5.97 Å². The van der Waals surface area contributed by atoms with Gasteiger partial charge in [-0.1, -0.05) is 6.08 Å². The summed E-state index contributed by atoms with van der Waals surface area (Å²) in [6.45, 7) is 0. The summed E-state index contributed by atoms with van der Waals surface area (Å²) < 4.78 is 4.98. The number of allylic oxidation sites excluding steroid dienone is 1. The minimum Gasteiger partial charge on any atom is -0.458 e. The van der Waals surface area contributed by atoms with Crippen LogP contribution < -0.4 is 0 Å². The van der Waals surface area contributed by atoms with Crippen molar-refractivity contribution in [3.8, 4) is 0 Å². The van der Waals surface area contributed by atoms with Gasteiger partial charge in [0.1, 0.15) is 6.10 Å². The van der Waals surface area contributed by atoms with Crippen LogP contribution in [0, 0.1) is 0 Å². The molecule has 0 spiro atoms. The van der Waals surface area contributed by atoms with Crippen molar-refractivity contribution in [2.24, 2.45) is 0 Å². The molecule has 2 nitrogen and oxygen atoms in total. The van der Waals surface area contributed by atoms with Gasteiger partial charge in [-0.15, -0.1) is 0 Å². The molecule has 0 unspecified atom stereocenters. The summed E-state index contributed by atoms with van der Waals surface area (Å²) in [4.78, 5) is 10.6. The highest BCUT2D eigenvalue weighted by atomic mass is 16.5. The standard InChI is InChI=1S/C7H8O2/c8-7-4-5-2-1-3-6(5)9-7/h2,6H,1,3-4H2/t6-/m0/s1. The van der Waals surface area contributed by atoms with Gasteiger partial charge in [0.2, 0.25) is 0 Å². The molecule has 1 saturated heterocycles. The first-order valence-electron chi connectivity index (χ1n) is 3.24. The highest BCUT2D eigenvalue weighted by molar-refractivity contribution is 5.76. The Labute approximate surface area is 53.5 Å². The van der Waals surface area contributed by atoms with Crippen LogP contribution in [0.25, 0.3) is 0 Å². The first kappa shape index (κ1) is 5.03. The van der Waals surface area contributed by atoms with Gasteiger partial charge in [-0.3, -0.25) is 4.79 Å². The molecule has 0 saturated carbocycles. The number of hydrogen-bond acceptors (Lipinski definition) is 2. The van der Waals surface area contributed by atoms with Crippen LogP contribution in [0.5, 0.6) is 0 Å². The molecular formula is C7H8O2. The summed E-state index contributed by atoms with van der Waals surface area (Å²) in [5, 5.41) is 0. The van der Waals surface area contributed by atoms with Crippen LogP contribution in [-0.4, -0.2) is 12.1 Å². The van der Waals surface area contributed by atoms with E-state index in [1.54, 1.807) is 0 Å². The number of hydrogen-bond donors (Lipinski definition) is 0. The van der Waals surface area contributed by atoms with Crippen molar-refractivity contribution in [1.82, 2.24) is 0 Å². The summed E-state index contributed by atoms with van der Waals surface area (Å²) in [6.07, 6.45) is 4.94. The van der Waals surface area contributed by atoms with Crippen molar-refractivity contribution in [1.29, 1.82) is 0 Å². The highest BCUT2D eigenvalue weighted by Gasteiger charge is 2.30. The fraction of sp³-hybridized carbons (Fsp3) is 0.571. The van der Waals surface area contributed by atoms with Crippen LogP contribution >= 0.6 is 0 Å². The zero-order valence-electron chi connectivity index (χ0n) is 5.09. The smallest absolute Gasteiger partial charge is 0.310 e. The topological polar surface area (TPSA) is 26.3 Å². The van der Waals surface area contributed by atoms with Gasteiger partial charge >= 0.3 is 5.97 Å². The molecule has 0 bridgehead atoms. The fourth-order valence-corrected chi connectivity index (χ4v) is 1.42. The van der Waals surface area contributed by atoms with Gasteiger partial charge in [-0.05, 0) is 18.4 Å². The van der Waals surface area contributed by atoms with Gasteiger partial charge in [-0.25, -0.2) is 0 Å². The lowest BCUT2D eigenvalue weighted by Gasteiger charge is -2.00. The quantitative estimate of drug-likeness (QED) is 0.356. The van der Waals surface area contributed by atoms with E-state index in [-0.39, 0.29) is 12.1 Å². The molecule has 1 atom stereocenters. The molecule has 2 rings (SSSR count). The average Bonchev–Trinajstić information content (AvgIpc) is 2.22. The van der Waals surface area contributed by atoms with E-state index < -0.39 is 0 Å². The maximum absolute atomic E-state index is 10.6. The highest BCUT2D eigenvalue weighted by Crippen LogP contribution is 2.30. The second-order valence-electron chi connectivity index (χ2n) is 2.51. The van der Waals surface area contributed by atoms with Crippen LogP contribution in [0.2, 0.25) is 0 Å². The molecule has 0 N–H and O–H groups in total. The predicted octanol–water partition coefficient (Wildman–Crippen LogP) is 1.02. The zero-order valence-corrected chi connectivity index (χ0v) is 5.09. The minimum absolute atomic E-state index is 0.0500. The Balaban J connectivity index is 2.24. The molecule has 0 aromatic carbocycles. The van der Waals surface area contributed by atoms with Gasteiger partial charge in [0.25, 0.3) is 0 Å². The maximum atomic E-state index is 10.6. The van der Waals surface area contributed by atoms with Crippen molar-refractivity contribution in [2.75, 3.05) is 0 Å². The van der Waals surface area contributed by atoms with Crippen molar-refractivity contribution < 1.29 is 9.53 Å². The fourth-order valence-electron chi connectivity index (χ4n) is 1.42. The number of carbonyl (C=O) groups is 1. The van der Waals surface area contributed by atoms with Crippen molar-refractivity contribution in [3.63, 3.8) is 0 Å². The third-order valence-electron chi connectivity index (χ3n) is 1.87. The Morgan fingerprint density at radius 1 is 1.67 bits per heavy atom. The maximum Gasteiger partial charge on any atom is 0.310 e. The molecule has 2 aliphatic rings. The Bertz CT molecular complexity index is 181. The van der Waals surface area contributed by atoms with E-state index in [0.717, 1.165) is 12.8 Å². The van der Waals surface area contributed by atoms with Crippen LogP contribution in [-0.2, 0) is 9.53 Å². The van der Waals surface area contributed by atoms with E-state index in [0.29, 0.717) is 6.42 Å². The Morgan fingerprint density at radius 2 is 2.56 bits per heavy atom. The second-order valence-corrected chi connectivity index (χ2v) is 2.51. The molecule has 0 aromatic heterocycles. The molecule has 1 heterocycles. The molecule has 1 aliphatic carbocycles. The first-order valence-corrected chi connectivity index (χ1v) is 3.24. The van der Waals surface area contributed by atoms with Gasteiger partial charge in [0.05, 0.1) is 6.42 Å². The summed E-state index contributed by atoms with van der Waals surface area (Å²) >= 11 is 0. The van der Waals surface area contributed by atoms with E-state index in [9.17, 15) is 4.79 Å². The third kappa shape index (κ3) is 0.661. The molecule has 1 aliphatic heterocycles. The summed E-state index contributed by atoms with van der Waals surface area (Å²) in [6, 6.07) is 0. The van der Waals surface area contributed by atoms with Crippen molar-refractivity contribution in [3.05, 3.63) is 11.6 Å². The SMILES string of the molecule is O=C1CC2=CCC[C@@H]2O1. The van der Waals surface area contributed by atoms with Gasteiger partial charge in [0, 0.05) is 0 Å². The predicted molar refractivity (Wildman–Crippen MR) is 31.8 cm³/mol. The normalized spacial score (nSPS) is 31.8. The second kappa shape index (κ2) is 1.59. The Kier molecular flexibility index (Phi) is 0.891. The van der Waals surface area contributed by atoms with Gasteiger partial charge in [-0.2, -0.15) is 0 Å². The Hall–Kier alpha value is -0.790. The summed E-state index contributed by atoms with van der Waals surface area (Å²) in [7, 11) is 0. The average molecular weight is 124 g/mol. The largest absolute Gasteiger partial charge is 0.458 e. The number of carbonyl (C=O) groups excluding carboxylic acids is 1. The van der Waals surface area contributed by atoms with Crippen molar-refractivity contribution in [2.45, 2.75) is 25.4 Å². The van der Waals surface area contributed by atoms with E-state index in [4.69, 9.17) is 4.74 Å². The van der Waals surface area contributed by atoms with Crippen LogP contribution in [0.15, 0.2) is 11.6 Å². The molecule has 2 heteroatoms. The molecule has 1 fully saturated rings. The third-order valence-corrected chi connectivity index (χ3v) is 1.87. The van der Waals surface area contributed by atoms with Gasteiger partial charge in [0.15, 0.2) is 0 Å². The number of esters is 1. The van der Waals surface area contributed by atoms with Gasteiger partial charge < -0.3 is 4.74 Å².